The maximum absolute atomic E-state index is 12.9. The van der Waals surface area contributed by atoms with Gasteiger partial charge >= 0.3 is 0 Å². The molecule has 0 aromatic heterocycles. The number of methoxy groups -OCH3 is 1. The van der Waals surface area contributed by atoms with Crippen molar-refractivity contribution in [1.82, 2.24) is 10.2 Å². The Bertz CT molecular complexity index is 527. The van der Waals surface area contributed by atoms with Gasteiger partial charge in [0, 0.05) is 20.2 Å². The third-order valence-electron chi connectivity index (χ3n) is 4.97. The number of carbonyl (C=O) groups is 1. The molecule has 0 saturated carbocycles. The van der Waals surface area contributed by atoms with Gasteiger partial charge in [-0.15, -0.1) is 12.4 Å². The van der Waals surface area contributed by atoms with Crippen molar-refractivity contribution in [3.63, 3.8) is 0 Å². The molecule has 1 aromatic rings. The number of amides is 1. The Morgan fingerprint density at radius 1 is 1.17 bits per heavy atom. The number of ether oxygens (including phenoxy) is 2. The lowest BCUT2D eigenvalue weighted by Crippen LogP contribution is -2.33. The van der Waals surface area contributed by atoms with E-state index in [-0.39, 0.29) is 18.3 Å². The number of fused-ring (bicyclic) bond motifs is 1. The summed E-state index contributed by atoms with van der Waals surface area (Å²) in [7, 11) is 1.64. The Kier molecular flexibility index (Phi) is 7.34. The summed E-state index contributed by atoms with van der Waals surface area (Å²) in [6.07, 6.45) is 2.19. The van der Waals surface area contributed by atoms with E-state index in [1.54, 1.807) is 7.11 Å². The highest BCUT2D eigenvalue weighted by atomic mass is 35.5. The molecular formula is C18H27ClN2O3. The van der Waals surface area contributed by atoms with E-state index in [1.165, 1.54) is 0 Å². The van der Waals surface area contributed by atoms with E-state index in [4.69, 9.17) is 9.47 Å². The maximum Gasteiger partial charge on any atom is 0.257 e. The molecule has 3 rings (SSSR count). The smallest absolute Gasteiger partial charge is 0.257 e. The fourth-order valence-electron chi connectivity index (χ4n) is 3.60. The van der Waals surface area contributed by atoms with Crippen LogP contribution in [0, 0.1) is 11.8 Å². The molecule has 2 saturated heterocycles. The number of nitrogens with one attached hydrogen (secondary N) is 1. The number of rotatable bonds is 5. The second-order valence-corrected chi connectivity index (χ2v) is 6.39. The van der Waals surface area contributed by atoms with Crippen LogP contribution in [0.5, 0.6) is 5.75 Å². The molecule has 24 heavy (non-hydrogen) atoms. The lowest BCUT2D eigenvalue weighted by Gasteiger charge is -2.22. The van der Waals surface area contributed by atoms with Crippen LogP contribution in [0.3, 0.4) is 0 Å². The van der Waals surface area contributed by atoms with Crippen molar-refractivity contribution >= 4 is 18.3 Å². The molecule has 0 unspecified atom stereocenters. The maximum atomic E-state index is 12.9. The summed E-state index contributed by atoms with van der Waals surface area (Å²) in [5.41, 5.74) is 0.661. The summed E-state index contributed by atoms with van der Waals surface area (Å²) in [6.45, 7) is 4.86. The Labute approximate surface area is 150 Å². The number of halogens is 1. The summed E-state index contributed by atoms with van der Waals surface area (Å²) in [4.78, 5) is 14.9. The minimum atomic E-state index is 0. The zero-order valence-electron chi connectivity index (χ0n) is 14.2. The fourth-order valence-corrected chi connectivity index (χ4v) is 3.60. The lowest BCUT2D eigenvalue weighted by molar-refractivity contribution is 0.0751. The minimum Gasteiger partial charge on any atom is -0.490 e. The van der Waals surface area contributed by atoms with Gasteiger partial charge in [-0.3, -0.25) is 4.79 Å². The summed E-state index contributed by atoms with van der Waals surface area (Å²) in [5, 5.41) is 3.47. The molecule has 0 aliphatic carbocycles. The molecule has 0 spiro atoms. The highest BCUT2D eigenvalue weighted by Gasteiger charge is 2.32. The highest BCUT2D eigenvalue weighted by molar-refractivity contribution is 5.97. The fraction of sp³-hybridized carbons (Fsp3) is 0.611. The van der Waals surface area contributed by atoms with Crippen molar-refractivity contribution in [1.29, 1.82) is 0 Å². The molecule has 2 aliphatic heterocycles. The molecule has 134 valence electrons. The van der Waals surface area contributed by atoms with Crippen LogP contribution in [0.4, 0.5) is 0 Å². The molecule has 0 radical (unpaired) electrons. The van der Waals surface area contributed by atoms with E-state index < -0.39 is 0 Å². The van der Waals surface area contributed by atoms with E-state index in [1.807, 2.05) is 29.2 Å². The van der Waals surface area contributed by atoms with Crippen LogP contribution in [0.15, 0.2) is 24.3 Å². The average Bonchev–Trinajstić information content (AvgIpc) is 2.93. The van der Waals surface area contributed by atoms with Gasteiger partial charge in [0.15, 0.2) is 0 Å². The summed E-state index contributed by atoms with van der Waals surface area (Å²) in [5.74, 6) is 2.19. The molecule has 1 N–H and O–H groups in total. The SMILES string of the molecule is COCCOc1ccccc1C(=O)N1CC[C@@H]2CNC[C@@H]2CC1.Cl. The first kappa shape index (κ1) is 19.0. The van der Waals surface area contributed by atoms with Crippen LogP contribution in [0.2, 0.25) is 0 Å². The number of likely N-dealkylation sites (tertiary alicyclic amines) is 1. The van der Waals surface area contributed by atoms with Crippen molar-refractivity contribution in [2.45, 2.75) is 12.8 Å². The predicted molar refractivity (Wildman–Crippen MR) is 96.0 cm³/mol. The number of nitrogens with zero attached hydrogens (tertiary/aromatic N) is 1. The highest BCUT2D eigenvalue weighted by Crippen LogP contribution is 2.28. The van der Waals surface area contributed by atoms with Crippen LogP contribution < -0.4 is 10.1 Å². The van der Waals surface area contributed by atoms with Gasteiger partial charge in [-0.1, -0.05) is 12.1 Å². The van der Waals surface area contributed by atoms with Gasteiger partial charge < -0.3 is 19.7 Å². The van der Waals surface area contributed by atoms with Crippen molar-refractivity contribution in [2.24, 2.45) is 11.8 Å². The summed E-state index contributed by atoms with van der Waals surface area (Å²) < 4.78 is 10.7. The van der Waals surface area contributed by atoms with Gasteiger partial charge in [0.05, 0.1) is 12.2 Å². The van der Waals surface area contributed by atoms with Crippen LogP contribution in [0.25, 0.3) is 0 Å². The van der Waals surface area contributed by atoms with Crippen molar-refractivity contribution in [3.8, 4) is 5.75 Å². The lowest BCUT2D eigenvalue weighted by atomic mass is 9.92. The standard InChI is InChI=1S/C18H26N2O3.ClH/c1-22-10-11-23-17-5-3-2-4-16(17)18(21)20-8-6-14-12-19-13-15(14)7-9-20;/h2-5,14-15,19H,6-13H2,1H3;1H/t14-,15+;. The predicted octanol–water partition coefficient (Wildman–Crippen LogP) is 2.21. The monoisotopic (exact) mass is 354 g/mol. The Morgan fingerprint density at radius 2 is 1.83 bits per heavy atom. The summed E-state index contributed by atoms with van der Waals surface area (Å²) >= 11 is 0. The first-order valence-electron chi connectivity index (χ1n) is 8.50. The van der Waals surface area contributed by atoms with Gasteiger partial charge in [-0.05, 0) is 49.9 Å². The van der Waals surface area contributed by atoms with Gasteiger partial charge in [0.1, 0.15) is 12.4 Å². The van der Waals surface area contributed by atoms with Crippen LogP contribution >= 0.6 is 12.4 Å². The number of carbonyl (C=O) groups excluding carboxylic acids is 1. The molecule has 2 heterocycles. The Morgan fingerprint density at radius 3 is 2.50 bits per heavy atom. The van der Waals surface area contributed by atoms with E-state index in [2.05, 4.69) is 5.32 Å². The molecule has 5 nitrogen and oxygen atoms in total. The molecule has 0 bridgehead atoms. The quantitative estimate of drug-likeness (QED) is 0.824. The van der Waals surface area contributed by atoms with Gasteiger partial charge in [-0.25, -0.2) is 0 Å². The molecule has 6 heteroatoms. The van der Waals surface area contributed by atoms with Crippen molar-refractivity contribution < 1.29 is 14.3 Å². The Hall–Kier alpha value is -1.30. The van der Waals surface area contributed by atoms with Gasteiger partial charge in [-0.2, -0.15) is 0 Å². The molecule has 2 atom stereocenters. The summed E-state index contributed by atoms with van der Waals surface area (Å²) in [6, 6.07) is 7.52. The van der Waals surface area contributed by atoms with Gasteiger partial charge in [0.25, 0.3) is 5.91 Å². The second-order valence-electron chi connectivity index (χ2n) is 6.39. The zero-order valence-corrected chi connectivity index (χ0v) is 15.0. The molecule has 2 fully saturated rings. The van der Waals surface area contributed by atoms with Crippen molar-refractivity contribution in [3.05, 3.63) is 29.8 Å². The normalized spacial score (nSPS) is 23.1. The largest absolute Gasteiger partial charge is 0.490 e. The third kappa shape index (κ3) is 4.41. The molecule has 2 aliphatic rings. The number of benzene rings is 1. The average molecular weight is 355 g/mol. The van der Waals surface area contributed by atoms with E-state index in [9.17, 15) is 4.79 Å². The topological polar surface area (TPSA) is 50.8 Å². The first-order chi connectivity index (χ1) is 11.3. The van der Waals surface area contributed by atoms with Crippen LogP contribution in [0.1, 0.15) is 23.2 Å². The Balaban J connectivity index is 0.00000208. The second kappa shape index (κ2) is 9.25. The van der Waals surface area contributed by atoms with Crippen LogP contribution in [-0.2, 0) is 4.74 Å². The molecular weight excluding hydrogens is 328 g/mol. The molecule has 1 aromatic carbocycles. The third-order valence-corrected chi connectivity index (χ3v) is 4.97. The van der Waals surface area contributed by atoms with E-state index in [0.29, 0.717) is 24.5 Å². The number of para-hydroxylation sites is 1. The van der Waals surface area contributed by atoms with E-state index >= 15 is 0 Å². The first-order valence-corrected chi connectivity index (χ1v) is 8.50. The van der Waals surface area contributed by atoms with E-state index in [0.717, 1.165) is 50.9 Å². The molecule has 1 amide bonds. The number of hydrogen-bond donors (Lipinski definition) is 1. The number of hydrogen-bond acceptors (Lipinski definition) is 4. The zero-order chi connectivity index (χ0) is 16.1. The van der Waals surface area contributed by atoms with Crippen molar-refractivity contribution in [2.75, 3.05) is 46.5 Å². The minimum absolute atomic E-state index is 0. The van der Waals surface area contributed by atoms with Crippen LogP contribution in [-0.4, -0.2) is 57.3 Å². The van der Waals surface area contributed by atoms with Gasteiger partial charge in [0.2, 0.25) is 0 Å².